The number of fused-ring (bicyclic) bond motifs is 1. The van der Waals surface area contributed by atoms with E-state index in [0.717, 1.165) is 31.6 Å². The highest BCUT2D eigenvalue weighted by Gasteiger charge is 2.24. The zero-order valence-corrected chi connectivity index (χ0v) is 13.6. The van der Waals surface area contributed by atoms with Crippen LogP contribution in [0.15, 0.2) is 18.2 Å². The van der Waals surface area contributed by atoms with Gasteiger partial charge in [-0.05, 0) is 48.9 Å². The second-order valence-corrected chi connectivity index (χ2v) is 6.32. The molecule has 1 aromatic rings. The lowest BCUT2D eigenvalue weighted by molar-refractivity contribution is -0.142. The van der Waals surface area contributed by atoms with Crippen molar-refractivity contribution in [3.63, 3.8) is 0 Å². The second-order valence-electron chi connectivity index (χ2n) is 6.32. The van der Waals surface area contributed by atoms with Crippen LogP contribution in [0.2, 0.25) is 0 Å². The molecule has 1 aliphatic rings. The molecule has 0 heterocycles. The lowest BCUT2D eigenvalue weighted by atomic mass is 9.84. The highest BCUT2D eigenvalue weighted by atomic mass is 16.5. The molecule has 2 rings (SSSR count). The molecule has 0 saturated heterocycles. The standard InChI is InChI=1S/C19H28O3/c1-2-3-4-5-6-7-12-22-18-11-10-15-13-17(19(20)21)9-8-16(15)14-18/h10-11,14,17H,2-9,12-13H2,1H3,(H,20,21). The Morgan fingerprint density at radius 3 is 2.73 bits per heavy atom. The average molecular weight is 304 g/mol. The number of rotatable bonds is 9. The predicted octanol–water partition coefficient (Wildman–Crippen LogP) is 4.62. The fraction of sp³-hybridized carbons (Fsp3) is 0.632. The van der Waals surface area contributed by atoms with Crippen molar-refractivity contribution in [3.8, 4) is 5.75 Å². The molecule has 0 aliphatic heterocycles. The van der Waals surface area contributed by atoms with Gasteiger partial charge < -0.3 is 9.84 Å². The topological polar surface area (TPSA) is 46.5 Å². The highest BCUT2D eigenvalue weighted by molar-refractivity contribution is 5.71. The number of carboxylic acids is 1. The van der Waals surface area contributed by atoms with E-state index in [4.69, 9.17) is 9.84 Å². The van der Waals surface area contributed by atoms with Crippen LogP contribution >= 0.6 is 0 Å². The molecule has 1 aromatic carbocycles. The van der Waals surface area contributed by atoms with Crippen molar-refractivity contribution in [1.29, 1.82) is 0 Å². The predicted molar refractivity (Wildman–Crippen MR) is 88.5 cm³/mol. The number of unbranched alkanes of at least 4 members (excludes halogenated alkanes) is 5. The summed E-state index contributed by atoms with van der Waals surface area (Å²) in [5, 5.41) is 9.11. The van der Waals surface area contributed by atoms with Crippen molar-refractivity contribution in [3.05, 3.63) is 29.3 Å². The van der Waals surface area contributed by atoms with Gasteiger partial charge in [0.25, 0.3) is 0 Å². The molecular formula is C19H28O3. The van der Waals surface area contributed by atoms with Gasteiger partial charge in [0.2, 0.25) is 0 Å². The Hall–Kier alpha value is -1.51. The van der Waals surface area contributed by atoms with Gasteiger partial charge in [0.1, 0.15) is 5.75 Å². The lowest BCUT2D eigenvalue weighted by Crippen LogP contribution is -2.22. The molecule has 1 unspecified atom stereocenters. The number of hydrogen-bond acceptors (Lipinski definition) is 2. The Morgan fingerprint density at radius 2 is 1.95 bits per heavy atom. The van der Waals surface area contributed by atoms with Crippen molar-refractivity contribution in [2.24, 2.45) is 5.92 Å². The zero-order chi connectivity index (χ0) is 15.8. The maximum atomic E-state index is 11.1. The molecule has 122 valence electrons. The van der Waals surface area contributed by atoms with E-state index in [9.17, 15) is 4.79 Å². The number of benzene rings is 1. The Morgan fingerprint density at radius 1 is 1.18 bits per heavy atom. The molecule has 1 N–H and O–H groups in total. The maximum Gasteiger partial charge on any atom is 0.306 e. The smallest absolute Gasteiger partial charge is 0.306 e. The third-order valence-corrected chi connectivity index (χ3v) is 4.52. The molecular weight excluding hydrogens is 276 g/mol. The van der Waals surface area contributed by atoms with Gasteiger partial charge in [-0.15, -0.1) is 0 Å². The molecule has 0 saturated carbocycles. The van der Waals surface area contributed by atoms with Crippen molar-refractivity contribution in [1.82, 2.24) is 0 Å². The van der Waals surface area contributed by atoms with E-state index in [2.05, 4.69) is 13.0 Å². The molecule has 3 nitrogen and oxygen atoms in total. The van der Waals surface area contributed by atoms with Crippen LogP contribution in [0.5, 0.6) is 5.75 Å². The Bertz CT molecular complexity index is 482. The minimum atomic E-state index is -0.672. The summed E-state index contributed by atoms with van der Waals surface area (Å²) in [6.07, 6.45) is 9.86. The summed E-state index contributed by atoms with van der Waals surface area (Å²) in [6.45, 7) is 3.01. The molecule has 3 heteroatoms. The minimum Gasteiger partial charge on any atom is -0.494 e. The first-order valence-corrected chi connectivity index (χ1v) is 8.68. The van der Waals surface area contributed by atoms with Gasteiger partial charge in [-0.1, -0.05) is 45.1 Å². The van der Waals surface area contributed by atoms with Crippen LogP contribution in [0.3, 0.4) is 0 Å². The summed E-state index contributed by atoms with van der Waals surface area (Å²) in [7, 11) is 0. The minimum absolute atomic E-state index is 0.220. The van der Waals surface area contributed by atoms with Crippen molar-refractivity contribution in [2.45, 2.75) is 64.7 Å². The van der Waals surface area contributed by atoms with Crippen LogP contribution in [0.25, 0.3) is 0 Å². The van der Waals surface area contributed by atoms with Gasteiger partial charge in [0.05, 0.1) is 12.5 Å². The van der Waals surface area contributed by atoms with Gasteiger partial charge in [0.15, 0.2) is 0 Å². The van der Waals surface area contributed by atoms with Gasteiger partial charge in [0, 0.05) is 0 Å². The van der Waals surface area contributed by atoms with Crippen molar-refractivity contribution < 1.29 is 14.6 Å². The van der Waals surface area contributed by atoms with E-state index >= 15 is 0 Å². The number of aliphatic carboxylic acids is 1. The largest absolute Gasteiger partial charge is 0.494 e. The maximum absolute atomic E-state index is 11.1. The van der Waals surface area contributed by atoms with Crippen LogP contribution in [-0.4, -0.2) is 17.7 Å². The van der Waals surface area contributed by atoms with E-state index in [1.807, 2.05) is 12.1 Å². The van der Waals surface area contributed by atoms with Crippen molar-refractivity contribution in [2.75, 3.05) is 6.61 Å². The van der Waals surface area contributed by atoms with E-state index in [1.54, 1.807) is 0 Å². The fourth-order valence-corrected chi connectivity index (χ4v) is 3.10. The number of ether oxygens (including phenoxy) is 1. The Balaban J connectivity index is 1.74. The van der Waals surface area contributed by atoms with Gasteiger partial charge in [-0.25, -0.2) is 0 Å². The summed E-state index contributed by atoms with van der Waals surface area (Å²) < 4.78 is 5.84. The van der Waals surface area contributed by atoms with Crippen LogP contribution < -0.4 is 4.74 Å². The van der Waals surface area contributed by atoms with E-state index in [0.29, 0.717) is 6.42 Å². The fourth-order valence-electron chi connectivity index (χ4n) is 3.10. The first-order chi connectivity index (χ1) is 10.7. The average Bonchev–Trinajstić information content (AvgIpc) is 2.53. The first kappa shape index (κ1) is 16.9. The summed E-state index contributed by atoms with van der Waals surface area (Å²) in [6, 6.07) is 6.13. The molecule has 0 bridgehead atoms. The van der Waals surface area contributed by atoms with Crippen LogP contribution in [0.4, 0.5) is 0 Å². The number of carbonyl (C=O) groups is 1. The van der Waals surface area contributed by atoms with E-state index in [-0.39, 0.29) is 5.92 Å². The summed E-state index contributed by atoms with van der Waals surface area (Å²) >= 11 is 0. The zero-order valence-electron chi connectivity index (χ0n) is 13.6. The molecule has 22 heavy (non-hydrogen) atoms. The second kappa shape index (κ2) is 8.82. The molecule has 1 atom stereocenters. The molecule has 0 radical (unpaired) electrons. The summed E-state index contributed by atoms with van der Waals surface area (Å²) in [4.78, 5) is 11.1. The SMILES string of the molecule is CCCCCCCCOc1ccc2c(c1)CCC(C(=O)O)C2. The lowest BCUT2D eigenvalue weighted by Gasteiger charge is -2.22. The van der Waals surface area contributed by atoms with Gasteiger partial charge >= 0.3 is 5.97 Å². The van der Waals surface area contributed by atoms with E-state index < -0.39 is 5.97 Å². The molecule has 0 spiro atoms. The monoisotopic (exact) mass is 304 g/mol. The number of carboxylic acid groups (broad SMARTS) is 1. The molecule has 0 fully saturated rings. The third-order valence-electron chi connectivity index (χ3n) is 4.52. The first-order valence-electron chi connectivity index (χ1n) is 8.68. The number of aryl methyl sites for hydroxylation is 1. The van der Waals surface area contributed by atoms with Crippen molar-refractivity contribution >= 4 is 5.97 Å². The van der Waals surface area contributed by atoms with Gasteiger partial charge in [-0.3, -0.25) is 4.79 Å². The molecule has 0 amide bonds. The molecule has 0 aromatic heterocycles. The summed E-state index contributed by atoms with van der Waals surface area (Å²) in [5.74, 6) is 0.0394. The number of hydrogen-bond donors (Lipinski definition) is 1. The Labute approximate surface area is 133 Å². The Kier molecular flexibility index (Phi) is 6.75. The van der Waals surface area contributed by atoms with Gasteiger partial charge in [-0.2, -0.15) is 0 Å². The third kappa shape index (κ3) is 5.04. The van der Waals surface area contributed by atoms with Crippen LogP contribution in [0.1, 0.15) is 63.0 Å². The summed E-state index contributed by atoms with van der Waals surface area (Å²) in [5.41, 5.74) is 2.43. The van der Waals surface area contributed by atoms with E-state index in [1.165, 1.54) is 43.2 Å². The molecule has 1 aliphatic carbocycles. The van der Waals surface area contributed by atoms with Crippen LogP contribution in [-0.2, 0) is 17.6 Å². The quantitative estimate of drug-likeness (QED) is 0.677. The van der Waals surface area contributed by atoms with Crippen LogP contribution in [0, 0.1) is 5.92 Å². The highest BCUT2D eigenvalue weighted by Crippen LogP contribution is 2.28. The normalized spacial score (nSPS) is 17.0.